The molecule has 0 aliphatic rings. The zero-order chi connectivity index (χ0) is 16.4. The fourth-order valence-corrected chi connectivity index (χ4v) is 2.64. The van der Waals surface area contributed by atoms with Crippen LogP contribution in [0.1, 0.15) is 37.6 Å². The van der Waals surface area contributed by atoms with Gasteiger partial charge in [-0.25, -0.2) is 22.3 Å². The van der Waals surface area contributed by atoms with Crippen LogP contribution in [-0.4, -0.2) is 20.4 Å². The maximum absolute atomic E-state index is 14.0. The van der Waals surface area contributed by atoms with Gasteiger partial charge in [0.2, 0.25) is 10.0 Å². The number of hydrogen-bond donors (Lipinski definition) is 2. The molecule has 5 nitrogen and oxygen atoms in total. The highest BCUT2D eigenvalue weighted by molar-refractivity contribution is 7.89. The summed E-state index contributed by atoms with van der Waals surface area (Å²) in [5, 5.41) is 7.29. The molecule has 0 aromatic heterocycles. The third kappa shape index (κ3) is 4.75. The van der Waals surface area contributed by atoms with Gasteiger partial charge in [0.15, 0.2) is 5.82 Å². The molecule has 118 valence electrons. The predicted octanol–water partition coefficient (Wildman–Crippen LogP) is 1.78. The van der Waals surface area contributed by atoms with Crippen molar-refractivity contribution in [1.29, 1.82) is 0 Å². The van der Waals surface area contributed by atoms with E-state index in [1.165, 1.54) is 0 Å². The minimum absolute atomic E-state index is 0.266. The van der Waals surface area contributed by atoms with Gasteiger partial charge in [-0.3, -0.25) is 4.79 Å². The molecule has 3 N–H and O–H groups in total. The number of sulfonamides is 1. The molecule has 1 unspecified atom stereocenters. The Morgan fingerprint density at radius 2 is 1.86 bits per heavy atom. The van der Waals surface area contributed by atoms with Crippen LogP contribution in [0.15, 0.2) is 17.0 Å². The molecular formula is C13H18F2N2O3S. The lowest BCUT2D eigenvalue weighted by atomic mass is 10.0. The van der Waals surface area contributed by atoms with Gasteiger partial charge in [-0.05, 0) is 31.4 Å². The topological polar surface area (TPSA) is 89.3 Å². The Hall–Kier alpha value is -1.54. The second-order valence-electron chi connectivity index (χ2n) is 5.31. The Balaban J connectivity index is 3.14. The summed E-state index contributed by atoms with van der Waals surface area (Å²) in [6, 6.07) is 0.818. The molecule has 1 atom stereocenters. The number of rotatable bonds is 5. The van der Waals surface area contributed by atoms with Gasteiger partial charge < -0.3 is 5.32 Å². The zero-order valence-corrected chi connectivity index (χ0v) is 12.8. The van der Waals surface area contributed by atoms with Crippen LogP contribution in [0.2, 0.25) is 0 Å². The average Bonchev–Trinajstić information content (AvgIpc) is 2.28. The summed E-state index contributed by atoms with van der Waals surface area (Å²) in [5.74, 6) is -2.99. The minimum Gasteiger partial charge on any atom is -0.349 e. The van der Waals surface area contributed by atoms with Crippen molar-refractivity contribution in [3.63, 3.8) is 0 Å². The molecule has 1 aromatic rings. The second kappa shape index (κ2) is 6.48. The fourth-order valence-electron chi connectivity index (χ4n) is 2.00. The van der Waals surface area contributed by atoms with Crippen LogP contribution in [0.5, 0.6) is 0 Å². The molecule has 0 spiro atoms. The van der Waals surface area contributed by atoms with Crippen LogP contribution in [0.4, 0.5) is 8.78 Å². The fraction of sp³-hybridized carbons (Fsp3) is 0.462. The third-order valence-electron chi connectivity index (χ3n) is 2.76. The summed E-state index contributed by atoms with van der Waals surface area (Å²) >= 11 is 0. The molecule has 1 rings (SSSR count). The van der Waals surface area contributed by atoms with E-state index in [0.29, 0.717) is 24.5 Å². The zero-order valence-electron chi connectivity index (χ0n) is 12.0. The monoisotopic (exact) mass is 320 g/mol. The first-order valence-corrected chi connectivity index (χ1v) is 7.89. The van der Waals surface area contributed by atoms with Crippen LogP contribution in [-0.2, 0) is 10.0 Å². The molecule has 0 aliphatic heterocycles. The number of carbonyl (C=O) groups is 1. The maximum atomic E-state index is 14.0. The lowest BCUT2D eigenvalue weighted by Gasteiger charge is -2.16. The first kappa shape index (κ1) is 17.5. The molecule has 1 aromatic carbocycles. The van der Waals surface area contributed by atoms with Crippen molar-refractivity contribution < 1.29 is 22.0 Å². The largest absolute Gasteiger partial charge is 0.349 e. The van der Waals surface area contributed by atoms with Crippen LogP contribution in [0, 0.1) is 17.6 Å². The smallest absolute Gasteiger partial charge is 0.254 e. The van der Waals surface area contributed by atoms with E-state index in [2.05, 4.69) is 5.32 Å². The van der Waals surface area contributed by atoms with Gasteiger partial charge in [-0.1, -0.05) is 13.8 Å². The van der Waals surface area contributed by atoms with E-state index in [9.17, 15) is 22.0 Å². The summed E-state index contributed by atoms with van der Waals surface area (Å²) in [5.41, 5.74) is -0.686. The van der Waals surface area contributed by atoms with E-state index in [-0.39, 0.29) is 6.04 Å². The Kier molecular flexibility index (Phi) is 5.41. The molecule has 8 heteroatoms. The Morgan fingerprint density at radius 1 is 1.29 bits per heavy atom. The second-order valence-corrected chi connectivity index (χ2v) is 6.84. The number of nitrogens with two attached hydrogens (primary N) is 1. The lowest BCUT2D eigenvalue weighted by molar-refractivity contribution is 0.0931. The summed E-state index contributed by atoms with van der Waals surface area (Å²) < 4.78 is 49.8. The van der Waals surface area contributed by atoms with E-state index in [1.54, 1.807) is 6.92 Å². The quantitative estimate of drug-likeness (QED) is 0.866. The highest BCUT2D eigenvalue weighted by Crippen LogP contribution is 2.19. The van der Waals surface area contributed by atoms with Gasteiger partial charge in [-0.15, -0.1) is 0 Å². The molecule has 21 heavy (non-hydrogen) atoms. The van der Waals surface area contributed by atoms with E-state index in [1.807, 2.05) is 13.8 Å². The van der Waals surface area contributed by atoms with Crippen molar-refractivity contribution >= 4 is 15.9 Å². The van der Waals surface area contributed by atoms with Crippen molar-refractivity contribution in [3.05, 3.63) is 29.3 Å². The number of benzene rings is 1. The van der Waals surface area contributed by atoms with Gasteiger partial charge in [0.05, 0.1) is 5.56 Å². The Morgan fingerprint density at radius 3 is 2.33 bits per heavy atom. The van der Waals surface area contributed by atoms with E-state index < -0.39 is 38.0 Å². The Labute approximate surface area is 122 Å². The SMILES string of the molecule is CC(C)CC(C)NC(=O)c1cc(F)cc(S(N)(=O)=O)c1F. The number of amides is 1. The van der Waals surface area contributed by atoms with Crippen molar-refractivity contribution in [2.45, 2.75) is 38.1 Å². The van der Waals surface area contributed by atoms with Gasteiger partial charge >= 0.3 is 0 Å². The van der Waals surface area contributed by atoms with Gasteiger partial charge in [0, 0.05) is 6.04 Å². The first-order valence-electron chi connectivity index (χ1n) is 6.35. The molecular weight excluding hydrogens is 302 g/mol. The molecule has 0 saturated heterocycles. The maximum Gasteiger partial charge on any atom is 0.254 e. The highest BCUT2D eigenvalue weighted by atomic mass is 32.2. The van der Waals surface area contributed by atoms with E-state index in [4.69, 9.17) is 5.14 Å². The Bertz CT molecular complexity index is 645. The van der Waals surface area contributed by atoms with Gasteiger partial charge in [0.25, 0.3) is 5.91 Å². The number of halogens is 2. The summed E-state index contributed by atoms with van der Waals surface area (Å²) in [4.78, 5) is 10.9. The van der Waals surface area contributed by atoms with Crippen molar-refractivity contribution in [2.75, 3.05) is 0 Å². The van der Waals surface area contributed by atoms with Crippen molar-refractivity contribution in [2.24, 2.45) is 11.1 Å². The predicted molar refractivity (Wildman–Crippen MR) is 74.1 cm³/mol. The summed E-state index contributed by atoms with van der Waals surface area (Å²) in [6.45, 7) is 5.62. The van der Waals surface area contributed by atoms with E-state index >= 15 is 0 Å². The number of hydrogen-bond acceptors (Lipinski definition) is 3. The van der Waals surface area contributed by atoms with E-state index in [0.717, 1.165) is 0 Å². The van der Waals surface area contributed by atoms with Crippen LogP contribution >= 0.6 is 0 Å². The molecule has 0 fully saturated rings. The van der Waals surface area contributed by atoms with Crippen LogP contribution < -0.4 is 10.5 Å². The minimum atomic E-state index is -4.45. The van der Waals surface area contributed by atoms with Crippen LogP contribution in [0.25, 0.3) is 0 Å². The molecule has 1 amide bonds. The first-order chi connectivity index (χ1) is 9.52. The standard InChI is InChI=1S/C13H18F2N2O3S/c1-7(2)4-8(3)17-13(18)10-5-9(14)6-11(12(10)15)21(16,19)20/h5-8H,4H2,1-3H3,(H,17,18)(H2,16,19,20). The summed E-state index contributed by atoms with van der Waals surface area (Å²) in [6.07, 6.45) is 0.644. The molecule has 0 bridgehead atoms. The number of nitrogens with one attached hydrogen (secondary N) is 1. The number of primary sulfonamides is 1. The molecule has 0 heterocycles. The molecule has 0 radical (unpaired) electrons. The third-order valence-corrected chi connectivity index (χ3v) is 3.67. The van der Waals surface area contributed by atoms with Crippen molar-refractivity contribution in [3.8, 4) is 0 Å². The van der Waals surface area contributed by atoms with Gasteiger partial charge in [0.1, 0.15) is 10.7 Å². The summed E-state index contributed by atoms with van der Waals surface area (Å²) in [7, 11) is -4.45. The normalized spacial score (nSPS) is 13.3. The van der Waals surface area contributed by atoms with Gasteiger partial charge in [-0.2, -0.15) is 0 Å². The number of carbonyl (C=O) groups excluding carboxylic acids is 1. The lowest BCUT2D eigenvalue weighted by Crippen LogP contribution is -2.34. The highest BCUT2D eigenvalue weighted by Gasteiger charge is 2.24. The molecule has 0 saturated carbocycles. The average molecular weight is 320 g/mol. The molecule has 0 aliphatic carbocycles. The van der Waals surface area contributed by atoms with Crippen molar-refractivity contribution in [1.82, 2.24) is 5.32 Å². The van der Waals surface area contributed by atoms with Crippen LogP contribution in [0.3, 0.4) is 0 Å².